The van der Waals surface area contributed by atoms with Gasteiger partial charge in [0.1, 0.15) is 0 Å². The van der Waals surface area contributed by atoms with Crippen LogP contribution in [-0.2, 0) is 22.5 Å². The van der Waals surface area contributed by atoms with Crippen molar-refractivity contribution in [1.82, 2.24) is 24.9 Å². The van der Waals surface area contributed by atoms with Crippen LogP contribution in [0.15, 0.2) is 18.3 Å². The number of amides is 1. The second-order valence-corrected chi connectivity index (χ2v) is 10.2. The zero-order valence-electron chi connectivity index (χ0n) is 21.0. The molecule has 2 aromatic heterocycles. The van der Waals surface area contributed by atoms with Crippen LogP contribution in [0, 0.1) is 18.3 Å². The number of hydrogen-bond donors (Lipinski definition) is 1. The second-order valence-electron chi connectivity index (χ2n) is 10.2. The minimum Gasteiger partial charge on any atom is -0.379 e. The van der Waals surface area contributed by atoms with Gasteiger partial charge in [-0.3, -0.25) is 14.6 Å². The molecule has 1 amide bonds. The van der Waals surface area contributed by atoms with Crippen molar-refractivity contribution in [2.45, 2.75) is 58.5 Å². The number of anilines is 2. The lowest BCUT2D eigenvalue weighted by atomic mass is 9.86. The van der Waals surface area contributed by atoms with E-state index in [1.54, 1.807) is 6.92 Å². The first-order valence-electron chi connectivity index (χ1n) is 12.8. The van der Waals surface area contributed by atoms with Crippen molar-refractivity contribution in [2.75, 3.05) is 31.2 Å². The maximum absolute atomic E-state index is 12.3. The Hall–Kier alpha value is -3.64. The highest BCUT2D eigenvalue weighted by atomic mass is 16.5. The lowest BCUT2D eigenvalue weighted by Gasteiger charge is -2.35. The summed E-state index contributed by atoms with van der Waals surface area (Å²) in [5.41, 5.74) is 7.95. The number of H-pyrrole nitrogens is 1. The van der Waals surface area contributed by atoms with Crippen molar-refractivity contribution in [1.29, 1.82) is 5.26 Å². The molecule has 6 rings (SSSR count). The molecule has 3 aliphatic rings. The molecule has 0 bridgehead atoms. The highest BCUT2D eigenvalue weighted by Crippen LogP contribution is 2.45. The third-order valence-corrected chi connectivity index (χ3v) is 8.03. The highest BCUT2D eigenvalue weighted by Gasteiger charge is 2.35. The minimum atomic E-state index is 0.0862. The number of fused-ring (bicyclic) bond motifs is 2. The largest absolute Gasteiger partial charge is 0.379 e. The predicted molar refractivity (Wildman–Crippen MR) is 135 cm³/mol. The summed E-state index contributed by atoms with van der Waals surface area (Å²) in [5.74, 6) is 1.35. The van der Waals surface area contributed by atoms with Crippen LogP contribution < -0.4 is 4.90 Å². The number of aryl methyl sites for hydroxylation is 1. The summed E-state index contributed by atoms with van der Waals surface area (Å²) < 4.78 is 7.86. The van der Waals surface area contributed by atoms with Gasteiger partial charge in [-0.1, -0.05) is 6.92 Å². The second kappa shape index (κ2) is 8.79. The molecule has 1 saturated heterocycles. The van der Waals surface area contributed by atoms with Gasteiger partial charge in [-0.2, -0.15) is 15.5 Å². The Labute approximate surface area is 210 Å². The Morgan fingerprint density at radius 1 is 1.25 bits per heavy atom. The van der Waals surface area contributed by atoms with E-state index < -0.39 is 0 Å². The number of carbonyl (C=O) groups excluding carboxylic acids is 1. The average Bonchev–Trinajstić information content (AvgIpc) is 3.63. The maximum Gasteiger partial charge on any atom is 0.219 e. The summed E-state index contributed by atoms with van der Waals surface area (Å²) in [6, 6.07) is 6.82. The lowest BCUT2D eigenvalue weighted by Crippen LogP contribution is -2.36. The fourth-order valence-electron chi connectivity index (χ4n) is 5.93. The van der Waals surface area contributed by atoms with E-state index in [-0.39, 0.29) is 11.9 Å². The third kappa shape index (κ3) is 3.59. The van der Waals surface area contributed by atoms with E-state index in [1.807, 2.05) is 24.1 Å². The molecule has 9 heteroatoms. The smallest absolute Gasteiger partial charge is 0.219 e. The van der Waals surface area contributed by atoms with Crippen LogP contribution in [0.3, 0.4) is 0 Å². The molecule has 0 aliphatic carbocycles. The first-order chi connectivity index (χ1) is 17.5. The molecule has 9 nitrogen and oxygen atoms in total. The van der Waals surface area contributed by atoms with Crippen molar-refractivity contribution in [2.24, 2.45) is 0 Å². The number of benzene rings is 1. The number of ether oxygens (including phenoxy) is 1. The zero-order chi connectivity index (χ0) is 25.0. The summed E-state index contributed by atoms with van der Waals surface area (Å²) in [6.07, 6.45) is 4.58. The molecule has 0 radical (unpaired) electrons. The first-order valence-corrected chi connectivity index (χ1v) is 12.8. The summed E-state index contributed by atoms with van der Waals surface area (Å²) in [7, 11) is 0. The lowest BCUT2D eigenvalue weighted by molar-refractivity contribution is -0.129. The van der Waals surface area contributed by atoms with E-state index >= 15 is 0 Å². The van der Waals surface area contributed by atoms with Gasteiger partial charge in [0.2, 0.25) is 5.91 Å². The standard InChI is InChI=1S/C27H31N7O2/c1-16-4-8-33(26-10-19(12-28)22(11-21(16)26)23-13-29-30-17(23)2)27-24-14-32(18(3)35)7-5-25(24)34(31-27)20-6-9-36-15-20/h10-11,13,16,20H,4-9,14-15H2,1-3H3,(H,29,30). The van der Waals surface area contributed by atoms with Crippen LogP contribution in [-0.4, -0.2) is 57.1 Å². The van der Waals surface area contributed by atoms with E-state index in [0.717, 1.165) is 66.3 Å². The summed E-state index contributed by atoms with van der Waals surface area (Å²) in [4.78, 5) is 16.5. The molecule has 5 heterocycles. The van der Waals surface area contributed by atoms with Gasteiger partial charge < -0.3 is 14.5 Å². The van der Waals surface area contributed by atoms with Gasteiger partial charge >= 0.3 is 0 Å². The van der Waals surface area contributed by atoms with Crippen molar-refractivity contribution in [3.8, 4) is 17.2 Å². The molecule has 2 atom stereocenters. The minimum absolute atomic E-state index is 0.0862. The Bertz CT molecular complexity index is 1380. The molecule has 0 saturated carbocycles. The fraction of sp³-hybridized carbons (Fsp3) is 0.481. The average molecular weight is 486 g/mol. The van der Waals surface area contributed by atoms with Gasteiger partial charge in [-0.15, -0.1) is 0 Å². The van der Waals surface area contributed by atoms with Crippen LogP contribution in [0.4, 0.5) is 11.5 Å². The Morgan fingerprint density at radius 3 is 2.81 bits per heavy atom. The molecular weight excluding hydrogens is 454 g/mol. The van der Waals surface area contributed by atoms with Crippen LogP contribution in [0.25, 0.3) is 11.1 Å². The molecule has 0 spiro atoms. The maximum atomic E-state index is 12.3. The number of nitrogens with zero attached hydrogens (tertiary/aromatic N) is 6. The number of nitrogens with one attached hydrogen (secondary N) is 1. The van der Waals surface area contributed by atoms with E-state index in [2.05, 4.69) is 38.8 Å². The highest BCUT2D eigenvalue weighted by molar-refractivity contribution is 5.80. The Balaban J connectivity index is 1.50. The topological polar surface area (TPSA) is 103 Å². The van der Waals surface area contributed by atoms with Crippen molar-refractivity contribution >= 4 is 17.4 Å². The van der Waals surface area contributed by atoms with Crippen molar-refractivity contribution < 1.29 is 9.53 Å². The van der Waals surface area contributed by atoms with Crippen LogP contribution in [0.2, 0.25) is 0 Å². The molecule has 3 aromatic rings. The molecular formula is C27H31N7O2. The molecule has 36 heavy (non-hydrogen) atoms. The number of aromatic nitrogens is 4. The third-order valence-electron chi connectivity index (χ3n) is 8.03. The summed E-state index contributed by atoms with van der Waals surface area (Å²) in [6.45, 7) is 9.34. The van der Waals surface area contributed by atoms with Gasteiger partial charge in [-0.25, -0.2) is 0 Å². The van der Waals surface area contributed by atoms with Crippen LogP contribution in [0.1, 0.15) is 66.7 Å². The first kappa shape index (κ1) is 22.8. The normalized spacial score (nSPS) is 21.3. The Kier molecular flexibility index (Phi) is 5.56. The van der Waals surface area contributed by atoms with E-state index in [1.165, 1.54) is 11.3 Å². The van der Waals surface area contributed by atoms with Gasteiger partial charge in [0.15, 0.2) is 5.82 Å². The van der Waals surface area contributed by atoms with Crippen molar-refractivity contribution in [3.63, 3.8) is 0 Å². The van der Waals surface area contributed by atoms with Crippen LogP contribution >= 0.6 is 0 Å². The van der Waals surface area contributed by atoms with Crippen LogP contribution in [0.5, 0.6) is 0 Å². The number of aromatic amines is 1. The molecule has 1 aromatic carbocycles. The van der Waals surface area contributed by atoms with Gasteiger partial charge in [0.05, 0.1) is 36.5 Å². The number of carbonyl (C=O) groups is 1. The summed E-state index contributed by atoms with van der Waals surface area (Å²) >= 11 is 0. The molecule has 1 fully saturated rings. The van der Waals surface area contributed by atoms with Gasteiger partial charge in [0, 0.05) is 67.3 Å². The van der Waals surface area contributed by atoms with E-state index in [9.17, 15) is 10.1 Å². The van der Waals surface area contributed by atoms with Crippen molar-refractivity contribution in [3.05, 3.63) is 46.4 Å². The van der Waals surface area contributed by atoms with Gasteiger partial charge in [0.25, 0.3) is 0 Å². The quantitative estimate of drug-likeness (QED) is 0.602. The number of nitriles is 1. The predicted octanol–water partition coefficient (Wildman–Crippen LogP) is 3.96. The number of hydrogen-bond acceptors (Lipinski definition) is 6. The van der Waals surface area contributed by atoms with Gasteiger partial charge in [-0.05, 0) is 43.4 Å². The summed E-state index contributed by atoms with van der Waals surface area (Å²) in [5, 5.41) is 22.5. The Morgan fingerprint density at radius 2 is 2.11 bits per heavy atom. The fourth-order valence-corrected chi connectivity index (χ4v) is 5.93. The SMILES string of the molecule is CC(=O)N1CCc2c(c(N3CCC(C)c4cc(-c5c[nH]nc5C)c(C#N)cc43)nn2C2CCOC2)C1. The monoisotopic (exact) mass is 485 g/mol. The molecule has 3 aliphatic heterocycles. The molecule has 1 N–H and O–H groups in total. The zero-order valence-corrected chi connectivity index (χ0v) is 21.0. The van der Waals surface area contributed by atoms with E-state index in [0.29, 0.717) is 31.2 Å². The molecule has 2 unspecified atom stereocenters. The van der Waals surface area contributed by atoms with E-state index in [4.69, 9.17) is 9.84 Å². The number of rotatable bonds is 3. The molecule has 186 valence electrons.